The lowest BCUT2D eigenvalue weighted by Gasteiger charge is -2.37. The number of rotatable bonds is 3. The summed E-state index contributed by atoms with van der Waals surface area (Å²) < 4.78 is 4.77. The first-order valence-electron chi connectivity index (χ1n) is 6.92. The number of nitrogens with two attached hydrogens (primary N) is 1. The molecular weight excluding hydrogens is 254 g/mol. The third-order valence-corrected chi connectivity index (χ3v) is 4.00. The molecule has 5 heteroatoms. The number of likely N-dealkylation sites (tertiary alicyclic amines) is 1. The first-order chi connectivity index (χ1) is 9.52. The smallest absolute Gasteiger partial charge is 0.340 e. The Morgan fingerprint density at radius 2 is 2.25 bits per heavy atom. The lowest BCUT2D eigenvalue weighted by atomic mass is 10.0. The van der Waals surface area contributed by atoms with Crippen LogP contribution in [0.5, 0.6) is 0 Å². The second-order valence-electron chi connectivity index (χ2n) is 5.43. The van der Waals surface area contributed by atoms with Gasteiger partial charge in [-0.25, -0.2) is 4.79 Å². The van der Waals surface area contributed by atoms with Crippen molar-refractivity contribution in [2.75, 3.05) is 44.9 Å². The van der Waals surface area contributed by atoms with Crippen LogP contribution in [0.1, 0.15) is 23.2 Å². The Balaban J connectivity index is 2.21. The van der Waals surface area contributed by atoms with Crippen LogP contribution in [0, 0.1) is 0 Å². The van der Waals surface area contributed by atoms with Crippen molar-refractivity contribution in [2.24, 2.45) is 0 Å². The van der Waals surface area contributed by atoms with Gasteiger partial charge in [0, 0.05) is 31.0 Å². The van der Waals surface area contributed by atoms with Crippen molar-refractivity contribution in [3.63, 3.8) is 0 Å². The molecule has 2 N–H and O–H groups in total. The van der Waals surface area contributed by atoms with Crippen LogP contribution in [0.3, 0.4) is 0 Å². The van der Waals surface area contributed by atoms with Crippen LogP contribution < -0.4 is 10.6 Å². The zero-order valence-corrected chi connectivity index (χ0v) is 12.4. The number of nitrogen functional groups attached to an aromatic ring is 1. The quantitative estimate of drug-likeness (QED) is 0.671. The molecule has 1 atom stereocenters. The Morgan fingerprint density at radius 3 is 2.90 bits per heavy atom. The van der Waals surface area contributed by atoms with Crippen LogP contribution in [0.15, 0.2) is 18.2 Å². The molecule has 1 saturated heterocycles. The van der Waals surface area contributed by atoms with Gasteiger partial charge in [-0.2, -0.15) is 0 Å². The molecule has 0 amide bonds. The number of nitrogens with zero attached hydrogens (tertiary/aromatic N) is 2. The molecule has 0 aliphatic carbocycles. The summed E-state index contributed by atoms with van der Waals surface area (Å²) in [5, 5.41) is 0. The van der Waals surface area contributed by atoms with Gasteiger partial charge in [-0.05, 0) is 44.6 Å². The minimum absolute atomic E-state index is 0.390. The Kier molecular flexibility index (Phi) is 4.49. The molecule has 0 spiro atoms. The van der Waals surface area contributed by atoms with E-state index < -0.39 is 5.97 Å². The molecule has 0 saturated carbocycles. The molecule has 1 aliphatic heterocycles. The molecule has 1 fully saturated rings. The van der Waals surface area contributed by atoms with E-state index in [1.165, 1.54) is 20.0 Å². The largest absolute Gasteiger partial charge is 0.465 e. The minimum Gasteiger partial charge on any atom is -0.465 e. The van der Waals surface area contributed by atoms with Crippen molar-refractivity contribution in [1.29, 1.82) is 0 Å². The van der Waals surface area contributed by atoms with Crippen molar-refractivity contribution in [2.45, 2.75) is 18.9 Å². The SMILES string of the molecule is COC(=O)c1cc(N(C)C2CCCN(C)C2)ccc1N. The minimum atomic E-state index is -0.390. The first-order valence-corrected chi connectivity index (χ1v) is 6.92. The highest BCUT2D eigenvalue weighted by Gasteiger charge is 2.22. The molecule has 20 heavy (non-hydrogen) atoms. The summed E-state index contributed by atoms with van der Waals surface area (Å²) in [4.78, 5) is 16.3. The number of anilines is 2. The average Bonchev–Trinajstić information content (AvgIpc) is 2.46. The lowest BCUT2D eigenvalue weighted by Crippen LogP contribution is -2.45. The van der Waals surface area contributed by atoms with E-state index in [1.54, 1.807) is 6.07 Å². The van der Waals surface area contributed by atoms with Crippen LogP contribution in [-0.2, 0) is 4.74 Å². The summed E-state index contributed by atoms with van der Waals surface area (Å²) in [5.41, 5.74) is 7.72. The number of ether oxygens (including phenoxy) is 1. The predicted molar refractivity (Wildman–Crippen MR) is 81.1 cm³/mol. The molecular formula is C15H23N3O2. The number of hydrogen-bond donors (Lipinski definition) is 1. The Hall–Kier alpha value is -1.75. The van der Waals surface area contributed by atoms with Gasteiger partial charge in [0.1, 0.15) is 0 Å². The van der Waals surface area contributed by atoms with Crippen LogP contribution in [-0.4, -0.2) is 51.2 Å². The number of benzene rings is 1. The van der Waals surface area contributed by atoms with E-state index in [1.807, 2.05) is 12.1 Å². The fraction of sp³-hybridized carbons (Fsp3) is 0.533. The molecule has 1 heterocycles. The van der Waals surface area contributed by atoms with Crippen LogP contribution in [0.4, 0.5) is 11.4 Å². The molecule has 1 aromatic carbocycles. The van der Waals surface area contributed by atoms with Crippen LogP contribution >= 0.6 is 0 Å². The molecule has 1 aromatic rings. The summed E-state index contributed by atoms with van der Waals surface area (Å²) in [6, 6.07) is 6.00. The average molecular weight is 277 g/mol. The summed E-state index contributed by atoms with van der Waals surface area (Å²) in [5.74, 6) is -0.390. The maximum atomic E-state index is 11.7. The van der Waals surface area contributed by atoms with Crippen molar-refractivity contribution in [3.8, 4) is 0 Å². The van der Waals surface area contributed by atoms with Gasteiger partial charge in [0.05, 0.1) is 12.7 Å². The number of methoxy groups -OCH3 is 1. The van der Waals surface area contributed by atoms with E-state index in [4.69, 9.17) is 10.5 Å². The van der Waals surface area contributed by atoms with Gasteiger partial charge >= 0.3 is 5.97 Å². The van der Waals surface area contributed by atoms with Crippen molar-refractivity contribution >= 4 is 17.3 Å². The second kappa shape index (κ2) is 6.13. The molecule has 1 unspecified atom stereocenters. The molecule has 0 radical (unpaired) electrons. The highest BCUT2D eigenvalue weighted by molar-refractivity contribution is 5.96. The number of hydrogen-bond acceptors (Lipinski definition) is 5. The summed E-state index contributed by atoms with van der Waals surface area (Å²) >= 11 is 0. The normalized spacial score (nSPS) is 19.6. The van der Waals surface area contributed by atoms with E-state index >= 15 is 0 Å². The predicted octanol–water partition coefficient (Wildman–Crippen LogP) is 1.59. The van der Waals surface area contributed by atoms with E-state index in [0.29, 0.717) is 17.3 Å². The number of likely N-dealkylation sites (N-methyl/N-ethyl adjacent to an activating group) is 2. The summed E-state index contributed by atoms with van der Waals surface area (Å²) in [6.07, 6.45) is 2.36. The second-order valence-corrected chi connectivity index (χ2v) is 5.43. The number of esters is 1. The molecule has 0 bridgehead atoms. The van der Waals surface area contributed by atoms with Crippen molar-refractivity contribution < 1.29 is 9.53 Å². The maximum Gasteiger partial charge on any atom is 0.340 e. The van der Waals surface area contributed by atoms with Crippen LogP contribution in [0.25, 0.3) is 0 Å². The standard InChI is InChI=1S/C15H23N3O2/c1-17-8-4-5-12(10-17)18(2)11-6-7-14(16)13(9-11)15(19)20-3/h6-7,9,12H,4-5,8,10,16H2,1-3H3. The molecule has 110 valence electrons. The van der Waals surface area contributed by atoms with Gasteiger partial charge in [0.2, 0.25) is 0 Å². The third-order valence-electron chi connectivity index (χ3n) is 4.00. The Labute approximate surface area is 120 Å². The first kappa shape index (κ1) is 14.7. The summed E-state index contributed by atoms with van der Waals surface area (Å²) in [7, 11) is 5.58. The monoisotopic (exact) mass is 277 g/mol. The molecule has 1 aliphatic rings. The van der Waals surface area contributed by atoms with Gasteiger partial charge in [-0.15, -0.1) is 0 Å². The van der Waals surface area contributed by atoms with Crippen molar-refractivity contribution in [1.82, 2.24) is 4.90 Å². The Bertz CT molecular complexity index is 490. The Morgan fingerprint density at radius 1 is 1.50 bits per heavy atom. The van der Waals surface area contributed by atoms with Gasteiger partial charge < -0.3 is 20.3 Å². The number of piperidine rings is 1. The number of carbonyl (C=O) groups is 1. The molecule has 0 aromatic heterocycles. The molecule has 5 nitrogen and oxygen atoms in total. The topological polar surface area (TPSA) is 58.8 Å². The van der Waals surface area contributed by atoms with E-state index in [2.05, 4.69) is 23.9 Å². The third kappa shape index (κ3) is 3.04. The number of carbonyl (C=O) groups excluding carboxylic acids is 1. The fourth-order valence-electron chi connectivity index (χ4n) is 2.72. The summed E-state index contributed by atoms with van der Waals surface area (Å²) in [6.45, 7) is 2.19. The van der Waals surface area contributed by atoms with Crippen molar-refractivity contribution in [3.05, 3.63) is 23.8 Å². The lowest BCUT2D eigenvalue weighted by molar-refractivity contribution is 0.0602. The zero-order chi connectivity index (χ0) is 14.7. The highest BCUT2D eigenvalue weighted by Crippen LogP contribution is 2.25. The maximum absolute atomic E-state index is 11.7. The molecule has 2 rings (SSSR count). The zero-order valence-electron chi connectivity index (χ0n) is 12.4. The van der Waals surface area contributed by atoms with E-state index in [0.717, 1.165) is 18.8 Å². The van der Waals surface area contributed by atoms with Gasteiger partial charge in [-0.3, -0.25) is 0 Å². The van der Waals surface area contributed by atoms with Crippen LogP contribution in [0.2, 0.25) is 0 Å². The van der Waals surface area contributed by atoms with Gasteiger partial charge in [-0.1, -0.05) is 0 Å². The fourth-order valence-corrected chi connectivity index (χ4v) is 2.72. The highest BCUT2D eigenvalue weighted by atomic mass is 16.5. The van der Waals surface area contributed by atoms with E-state index in [-0.39, 0.29) is 0 Å². The van der Waals surface area contributed by atoms with Gasteiger partial charge in [0.25, 0.3) is 0 Å². The van der Waals surface area contributed by atoms with Gasteiger partial charge in [0.15, 0.2) is 0 Å². The van der Waals surface area contributed by atoms with E-state index in [9.17, 15) is 4.79 Å².